The number of hydrogen-bond acceptors (Lipinski definition) is 3. The van der Waals surface area contributed by atoms with E-state index in [1.54, 1.807) is 13.0 Å². The van der Waals surface area contributed by atoms with E-state index in [0.29, 0.717) is 12.5 Å². The van der Waals surface area contributed by atoms with Crippen LogP contribution < -0.4 is 4.74 Å². The molecule has 2 aromatic carbocycles. The molecule has 0 bridgehead atoms. The van der Waals surface area contributed by atoms with Gasteiger partial charge in [0.15, 0.2) is 0 Å². The fraction of sp³-hybridized carbons (Fsp3) is 0.414. The topological polar surface area (TPSA) is 35.5 Å². The average Bonchev–Trinajstić information content (AvgIpc) is 2.70. The van der Waals surface area contributed by atoms with E-state index in [1.807, 2.05) is 24.3 Å². The van der Waals surface area contributed by atoms with Gasteiger partial charge in [-0.15, -0.1) is 0 Å². The molecule has 0 saturated heterocycles. The molecule has 1 aliphatic rings. The molecular weight excluding hydrogens is 396 g/mol. The second kappa shape index (κ2) is 9.25. The van der Waals surface area contributed by atoms with Crippen LogP contribution in [0.2, 0.25) is 0 Å². The number of fused-ring (bicyclic) bond motifs is 1. The Hall–Kier alpha value is -2.99. The van der Waals surface area contributed by atoms with Gasteiger partial charge in [0.25, 0.3) is 0 Å². The van der Waals surface area contributed by atoms with Crippen molar-refractivity contribution >= 4 is 12.0 Å². The van der Waals surface area contributed by atoms with Gasteiger partial charge in [-0.2, -0.15) is 0 Å². The predicted octanol–water partition coefficient (Wildman–Crippen LogP) is 6.62. The van der Waals surface area contributed by atoms with Crippen molar-refractivity contribution < 1.29 is 14.3 Å². The van der Waals surface area contributed by atoms with Crippen molar-refractivity contribution in [3.63, 3.8) is 0 Å². The highest BCUT2D eigenvalue weighted by Gasteiger charge is 2.40. The Morgan fingerprint density at radius 2 is 1.84 bits per heavy atom. The third-order valence-corrected chi connectivity index (χ3v) is 5.65. The monoisotopic (exact) mass is 430 g/mol. The van der Waals surface area contributed by atoms with Crippen LogP contribution >= 0.6 is 0 Å². The molecule has 168 valence electrons. The van der Waals surface area contributed by atoms with Gasteiger partial charge < -0.3 is 9.47 Å². The molecule has 0 atom stereocenters. The lowest BCUT2D eigenvalue weighted by Crippen LogP contribution is -2.41. The van der Waals surface area contributed by atoms with Gasteiger partial charge in [0.05, 0.1) is 6.61 Å². The standard InChI is InChI=1S/C29H34O3/c1-8-31-26(30)15-14-22-11-9-10-21(16-22)12-13-23-17-24(20(2)3)27-25(18-23)28(4,5)19-29(6,7)32-27/h9-11,14-18,20H,8,19H2,1-7H3/b15-14+. The van der Waals surface area contributed by atoms with Gasteiger partial charge in [0, 0.05) is 22.8 Å². The van der Waals surface area contributed by atoms with E-state index in [-0.39, 0.29) is 17.0 Å². The minimum atomic E-state index is -0.340. The molecule has 3 heteroatoms. The van der Waals surface area contributed by atoms with Crippen LogP contribution in [0.15, 0.2) is 42.5 Å². The molecule has 0 spiro atoms. The van der Waals surface area contributed by atoms with E-state index in [4.69, 9.17) is 9.47 Å². The first-order valence-corrected chi connectivity index (χ1v) is 11.3. The number of esters is 1. The molecule has 0 radical (unpaired) electrons. The summed E-state index contributed by atoms with van der Waals surface area (Å²) in [5, 5.41) is 0. The first-order valence-electron chi connectivity index (χ1n) is 11.3. The van der Waals surface area contributed by atoms with Crippen molar-refractivity contribution in [2.45, 2.75) is 71.8 Å². The third-order valence-electron chi connectivity index (χ3n) is 5.65. The predicted molar refractivity (Wildman–Crippen MR) is 131 cm³/mol. The van der Waals surface area contributed by atoms with Crippen LogP contribution in [-0.4, -0.2) is 18.2 Å². The second-order valence-corrected chi connectivity index (χ2v) is 9.98. The van der Waals surface area contributed by atoms with E-state index in [2.05, 4.69) is 65.5 Å². The molecule has 3 nitrogen and oxygen atoms in total. The number of ether oxygens (including phenoxy) is 2. The molecule has 3 rings (SSSR count). The molecule has 1 aliphatic heterocycles. The largest absolute Gasteiger partial charge is 0.487 e. The second-order valence-electron chi connectivity index (χ2n) is 9.98. The van der Waals surface area contributed by atoms with Gasteiger partial charge in [-0.3, -0.25) is 0 Å². The smallest absolute Gasteiger partial charge is 0.330 e. The zero-order valence-corrected chi connectivity index (χ0v) is 20.3. The molecule has 0 amide bonds. The van der Waals surface area contributed by atoms with Crippen molar-refractivity contribution in [1.29, 1.82) is 0 Å². The molecule has 0 aromatic heterocycles. The first kappa shape index (κ1) is 23.7. The molecule has 32 heavy (non-hydrogen) atoms. The Morgan fingerprint density at radius 3 is 2.53 bits per heavy atom. The van der Waals surface area contributed by atoms with Crippen LogP contribution in [0.3, 0.4) is 0 Å². The summed E-state index contributed by atoms with van der Waals surface area (Å²) in [6.45, 7) is 15.5. The number of carbonyl (C=O) groups is 1. The van der Waals surface area contributed by atoms with Crippen molar-refractivity contribution in [1.82, 2.24) is 0 Å². The van der Waals surface area contributed by atoms with Gasteiger partial charge in [0.1, 0.15) is 11.4 Å². The van der Waals surface area contributed by atoms with Gasteiger partial charge in [-0.1, -0.05) is 51.7 Å². The maximum Gasteiger partial charge on any atom is 0.330 e. The SMILES string of the molecule is CCOC(=O)/C=C/c1cccc(C#Cc2cc(C(C)C)c3c(c2)C(C)(C)CC(C)(C)O3)c1. The summed E-state index contributed by atoms with van der Waals surface area (Å²) in [5.74, 6) is 7.67. The first-order chi connectivity index (χ1) is 15.0. The molecule has 1 heterocycles. The zero-order chi connectivity index (χ0) is 23.5. The maximum absolute atomic E-state index is 11.6. The lowest BCUT2D eigenvalue weighted by molar-refractivity contribution is -0.137. The minimum absolute atomic E-state index is 0.0101. The maximum atomic E-state index is 11.6. The summed E-state index contributed by atoms with van der Waals surface area (Å²) in [4.78, 5) is 11.6. The highest BCUT2D eigenvalue weighted by Crippen LogP contribution is 2.48. The summed E-state index contributed by atoms with van der Waals surface area (Å²) in [7, 11) is 0. The van der Waals surface area contributed by atoms with Gasteiger partial charge in [-0.25, -0.2) is 4.79 Å². The summed E-state index contributed by atoms with van der Waals surface area (Å²) in [5.41, 5.74) is 5.07. The number of carbonyl (C=O) groups excluding carboxylic acids is 1. The van der Waals surface area contributed by atoms with Crippen LogP contribution in [0.1, 0.15) is 88.6 Å². The molecule has 0 fully saturated rings. The molecule has 2 aromatic rings. The number of rotatable bonds is 4. The van der Waals surface area contributed by atoms with Crippen LogP contribution in [0.4, 0.5) is 0 Å². The molecular formula is C29H34O3. The molecule has 0 unspecified atom stereocenters. The van der Waals surface area contributed by atoms with Crippen molar-refractivity contribution in [2.75, 3.05) is 6.61 Å². The van der Waals surface area contributed by atoms with Crippen LogP contribution in [-0.2, 0) is 14.9 Å². The Bertz CT molecular complexity index is 1090. The highest BCUT2D eigenvalue weighted by atomic mass is 16.5. The summed E-state index contributed by atoms with van der Waals surface area (Å²) in [6, 6.07) is 12.2. The summed E-state index contributed by atoms with van der Waals surface area (Å²) < 4.78 is 11.4. The average molecular weight is 431 g/mol. The molecule has 0 aliphatic carbocycles. The molecule has 0 saturated carbocycles. The van der Waals surface area contributed by atoms with Crippen molar-refractivity contribution in [3.8, 4) is 17.6 Å². The van der Waals surface area contributed by atoms with Gasteiger partial charge in [-0.05, 0) is 80.0 Å². The van der Waals surface area contributed by atoms with Gasteiger partial charge >= 0.3 is 5.97 Å². The van der Waals surface area contributed by atoms with E-state index < -0.39 is 0 Å². The van der Waals surface area contributed by atoms with Crippen LogP contribution in [0.5, 0.6) is 5.75 Å². The van der Waals surface area contributed by atoms with Crippen molar-refractivity contribution in [2.24, 2.45) is 0 Å². The fourth-order valence-corrected chi connectivity index (χ4v) is 4.46. The lowest BCUT2D eigenvalue weighted by Gasteiger charge is -2.43. The third kappa shape index (κ3) is 5.62. The Kier molecular flexibility index (Phi) is 6.84. The Morgan fingerprint density at radius 1 is 1.12 bits per heavy atom. The van der Waals surface area contributed by atoms with Crippen molar-refractivity contribution in [3.05, 3.63) is 70.3 Å². The van der Waals surface area contributed by atoms with E-state index >= 15 is 0 Å². The van der Waals surface area contributed by atoms with E-state index in [9.17, 15) is 4.79 Å². The number of benzene rings is 2. The van der Waals surface area contributed by atoms with Crippen LogP contribution in [0, 0.1) is 11.8 Å². The summed E-state index contributed by atoms with van der Waals surface area (Å²) in [6.07, 6.45) is 4.15. The minimum Gasteiger partial charge on any atom is -0.487 e. The zero-order valence-electron chi connectivity index (χ0n) is 20.3. The lowest BCUT2D eigenvalue weighted by atomic mass is 9.72. The summed E-state index contributed by atoms with van der Waals surface area (Å²) >= 11 is 0. The van der Waals surface area contributed by atoms with Crippen LogP contribution in [0.25, 0.3) is 6.08 Å². The molecule has 0 N–H and O–H groups in total. The fourth-order valence-electron chi connectivity index (χ4n) is 4.46. The van der Waals surface area contributed by atoms with E-state index in [1.165, 1.54) is 17.2 Å². The van der Waals surface area contributed by atoms with E-state index in [0.717, 1.165) is 28.9 Å². The normalized spacial score (nSPS) is 16.1. The highest BCUT2D eigenvalue weighted by molar-refractivity contribution is 5.87. The Balaban J connectivity index is 1.96. The Labute approximate surface area is 192 Å². The quantitative estimate of drug-likeness (QED) is 0.310. The van der Waals surface area contributed by atoms with Gasteiger partial charge in [0.2, 0.25) is 0 Å². The number of hydrogen-bond donors (Lipinski definition) is 0.